The number of amides is 2. The van der Waals surface area contributed by atoms with Crippen LogP contribution in [0.2, 0.25) is 0 Å². The first-order chi connectivity index (χ1) is 13.0. The molecule has 3 rings (SSSR count). The first-order valence-corrected chi connectivity index (χ1v) is 9.15. The largest absolute Gasteiger partial charge is 0.497 e. The summed E-state index contributed by atoms with van der Waals surface area (Å²) < 4.78 is 14.3. The van der Waals surface area contributed by atoms with Crippen molar-refractivity contribution >= 4 is 29.4 Å². The molecular weight excluding hydrogens is 368 g/mol. The highest BCUT2D eigenvalue weighted by Crippen LogP contribution is 2.25. The number of aryl methyl sites for hydroxylation is 1. The average molecular weight is 388 g/mol. The van der Waals surface area contributed by atoms with E-state index in [2.05, 4.69) is 9.59 Å². The molecule has 0 spiro atoms. The van der Waals surface area contributed by atoms with Gasteiger partial charge in [-0.1, -0.05) is 4.49 Å². The highest BCUT2D eigenvalue weighted by Gasteiger charge is 2.32. The van der Waals surface area contributed by atoms with E-state index in [1.807, 2.05) is 0 Å². The molecule has 8 nitrogen and oxygen atoms in total. The van der Waals surface area contributed by atoms with Crippen molar-refractivity contribution in [2.75, 3.05) is 27.3 Å². The number of rotatable bonds is 5. The van der Waals surface area contributed by atoms with Crippen molar-refractivity contribution in [2.24, 2.45) is 0 Å². The molecule has 1 saturated heterocycles. The van der Waals surface area contributed by atoms with Gasteiger partial charge in [0.15, 0.2) is 0 Å². The lowest BCUT2D eigenvalue weighted by Gasteiger charge is -2.26. The molecule has 1 aliphatic rings. The fraction of sp³-hybridized carbons (Fsp3) is 0.333. The summed E-state index contributed by atoms with van der Waals surface area (Å²) in [6.07, 6.45) is 3.81. The number of carbonyl (C=O) groups is 2. The molecule has 1 aromatic carbocycles. The summed E-state index contributed by atoms with van der Waals surface area (Å²) in [7, 11) is 3.14. The number of carbonyl (C=O) groups excluding carboxylic acids is 2. The Labute approximate surface area is 161 Å². The van der Waals surface area contributed by atoms with E-state index in [4.69, 9.17) is 9.47 Å². The summed E-state index contributed by atoms with van der Waals surface area (Å²) in [5.41, 5.74) is 1.28. The monoisotopic (exact) mass is 388 g/mol. The SMILES string of the molecule is COc1ccc(OC)c(C=CC(=O)N2CCCN2C(=O)c2snnc2C)c1. The second-order valence-corrected chi connectivity index (χ2v) is 6.63. The van der Waals surface area contributed by atoms with E-state index in [0.717, 1.165) is 18.0 Å². The highest BCUT2D eigenvalue weighted by atomic mass is 32.1. The van der Waals surface area contributed by atoms with E-state index in [1.54, 1.807) is 45.4 Å². The van der Waals surface area contributed by atoms with Crippen LogP contribution < -0.4 is 9.47 Å². The molecule has 0 radical (unpaired) electrons. The molecule has 0 atom stereocenters. The molecule has 9 heteroatoms. The molecule has 0 aliphatic carbocycles. The van der Waals surface area contributed by atoms with Gasteiger partial charge in [-0.2, -0.15) is 0 Å². The predicted molar refractivity (Wildman–Crippen MR) is 101 cm³/mol. The summed E-state index contributed by atoms with van der Waals surface area (Å²) >= 11 is 1.04. The molecule has 27 heavy (non-hydrogen) atoms. The van der Waals surface area contributed by atoms with Crippen LogP contribution in [0.25, 0.3) is 6.08 Å². The van der Waals surface area contributed by atoms with Crippen molar-refractivity contribution in [3.05, 3.63) is 40.4 Å². The zero-order chi connectivity index (χ0) is 19.4. The number of methoxy groups -OCH3 is 2. The van der Waals surface area contributed by atoms with Crippen molar-refractivity contribution in [3.8, 4) is 11.5 Å². The molecule has 2 heterocycles. The zero-order valence-corrected chi connectivity index (χ0v) is 16.2. The number of nitrogens with zero attached hydrogens (tertiary/aromatic N) is 4. The van der Waals surface area contributed by atoms with Crippen LogP contribution in [-0.4, -0.2) is 58.7 Å². The fourth-order valence-corrected chi connectivity index (χ4v) is 3.42. The van der Waals surface area contributed by atoms with E-state index in [-0.39, 0.29) is 11.8 Å². The van der Waals surface area contributed by atoms with Crippen LogP contribution in [0, 0.1) is 6.92 Å². The molecule has 2 aromatic rings. The first-order valence-electron chi connectivity index (χ1n) is 8.37. The first kappa shape index (κ1) is 18.8. The van der Waals surface area contributed by atoms with Gasteiger partial charge in [-0.15, -0.1) is 5.10 Å². The van der Waals surface area contributed by atoms with Crippen LogP contribution in [0.4, 0.5) is 0 Å². The molecule has 1 fully saturated rings. The minimum atomic E-state index is -0.277. The lowest BCUT2D eigenvalue weighted by atomic mass is 10.1. The summed E-state index contributed by atoms with van der Waals surface area (Å²) in [6.45, 7) is 2.70. The van der Waals surface area contributed by atoms with Crippen molar-refractivity contribution in [1.82, 2.24) is 19.6 Å². The second kappa shape index (κ2) is 8.17. The van der Waals surface area contributed by atoms with E-state index >= 15 is 0 Å². The molecule has 0 N–H and O–H groups in total. The quantitative estimate of drug-likeness (QED) is 0.730. The van der Waals surface area contributed by atoms with E-state index in [0.29, 0.717) is 40.7 Å². The third-order valence-corrected chi connectivity index (χ3v) is 5.02. The number of hydrazine groups is 1. The van der Waals surface area contributed by atoms with Gasteiger partial charge in [0.25, 0.3) is 11.8 Å². The molecule has 0 unspecified atom stereocenters. The number of benzene rings is 1. The van der Waals surface area contributed by atoms with Crippen molar-refractivity contribution < 1.29 is 19.1 Å². The maximum atomic E-state index is 12.7. The van der Waals surface area contributed by atoms with Gasteiger partial charge >= 0.3 is 0 Å². The number of hydrogen-bond acceptors (Lipinski definition) is 7. The Morgan fingerprint density at radius 2 is 1.96 bits per heavy atom. The minimum Gasteiger partial charge on any atom is -0.497 e. The van der Waals surface area contributed by atoms with Gasteiger partial charge in [0.2, 0.25) is 0 Å². The topological polar surface area (TPSA) is 84.9 Å². The highest BCUT2D eigenvalue weighted by molar-refractivity contribution is 7.07. The van der Waals surface area contributed by atoms with Gasteiger partial charge in [0.1, 0.15) is 16.4 Å². The second-order valence-electron chi connectivity index (χ2n) is 5.87. The third kappa shape index (κ3) is 3.92. The van der Waals surface area contributed by atoms with Gasteiger partial charge in [0, 0.05) is 24.7 Å². The summed E-state index contributed by atoms with van der Waals surface area (Å²) in [5.74, 6) is 0.760. The Morgan fingerprint density at radius 1 is 1.19 bits per heavy atom. The Morgan fingerprint density at radius 3 is 2.63 bits per heavy atom. The van der Waals surface area contributed by atoms with Gasteiger partial charge < -0.3 is 9.47 Å². The lowest BCUT2D eigenvalue weighted by Crippen LogP contribution is -2.44. The van der Waals surface area contributed by atoms with Crippen LogP contribution in [0.5, 0.6) is 11.5 Å². The van der Waals surface area contributed by atoms with Gasteiger partial charge in [-0.3, -0.25) is 9.59 Å². The number of ether oxygens (including phenoxy) is 2. The normalized spacial score (nSPS) is 14.0. The van der Waals surface area contributed by atoms with Crippen LogP contribution in [0.15, 0.2) is 24.3 Å². The number of aromatic nitrogens is 2. The Kier molecular flexibility index (Phi) is 5.70. The van der Waals surface area contributed by atoms with Gasteiger partial charge in [-0.25, -0.2) is 10.0 Å². The molecular formula is C18H20N4O4S. The molecule has 0 bridgehead atoms. The molecule has 1 aromatic heterocycles. The molecule has 1 aliphatic heterocycles. The van der Waals surface area contributed by atoms with Gasteiger partial charge in [0.05, 0.1) is 19.9 Å². The summed E-state index contributed by atoms with van der Waals surface area (Å²) in [5, 5.41) is 6.77. The third-order valence-electron chi connectivity index (χ3n) is 4.21. The van der Waals surface area contributed by atoms with Gasteiger partial charge in [-0.05, 0) is 49.2 Å². The molecule has 0 saturated carbocycles. The van der Waals surface area contributed by atoms with Crippen molar-refractivity contribution in [2.45, 2.75) is 13.3 Å². The zero-order valence-electron chi connectivity index (χ0n) is 15.3. The average Bonchev–Trinajstić information content (AvgIpc) is 3.34. The van der Waals surface area contributed by atoms with E-state index in [9.17, 15) is 9.59 Å². The standard InChI is InChI=1S/C18H20N4O4S/c1-12-17(27-20-19-12)18(24)22-10-4-9-21(22)16(23)8-5-13-11-14(25-2)6-7-15(13)26-3/h5-8,11H,4,9-10H2,1-3H3. The predicted octanol–water partition coefficient (Wildman–Crippen LogP) is 2.17. The van der Waals surface area contributed by atoms with Crippen LogP contribution in [0.1, 0.15) is 27.3 Å². The Bertz CT molecular complexity index is 880. The van der Waals surface area contributed by atoms with E-state index in [1.165, 1.54) is 16.1 Å². The van der Waals surface area contributed by atoms with Crippen LogP contribution in [-0.2, 0) is 4.79 Å². The molecule has 2 amide bonds. The van der Waals surface area contributed by atoms with Crippen molar-refractivity contribution in [1.29, 1.82) is 0 Å². The summed E-state index contributed by atoms with van der Waals surface area (Å²) in [4.78, 5) is 25.8. The Hall–Kier alpha value is -2.94. The smallest absolute Gasteiger partial charge is 0.286 e. The number of hydrogen-bond donors (Lipinski definition) is 0. The Balaban J connectivity index is 1.78. The van der Waals surface area contributed by atoms with Crippen LogP contribution >= 0.6 is 11.5 Å². The minimum absolute atomic E-state index is 0.249. The van der Waals surface area contributed by atoms with Crippen molar-refractivity contribution in [3.63, 3.8) is 0 Å². The van der Waals surface area contributed by atoms with Crippen LogP contribution in [0.3, 0.4) is 0 Å². The molecule has 142 valence electrons. The fourth-order valence-electron chi connectivity index (χ4n) is 2.81. The maximum Gasteiger partial charge on any atom is 0.286 e. The maximum absolute atomic E-state index is 12.7. The summed E-state index contributed by atoms with van der Waals surface area (Å²) in [6, 6.07) is 5.33. The lowest BCUT2D eigenvalue weighted by molar-refractivity contribution is -0.134. The van der Waals surface area contributed by atoms with E-state index < -0.39 is 0 Å².